The van der Waals surface area contributed by atoms with Crippen LogP contribution in [0.3, 0.4) is 0 Å². The minimum atomic E-state index is -0.361. The van der Waals surface area contributed by atoms with E-state index in [1.165, 1.54) is 12.8 Å². The number of rotatable bonds is 5. The second-order valence-corrected chi connectivity index (χ2v) is 7.54. The fourth-order valence-corrected chi connectivity index (χ4v) is 4.15. The highest BCUT2D eigenvalue weighted by atomic mass is 35.5. The van der Waals surface area contributed by atoms with E-state index in [0.29, 0.717) is 17.5 Å². The first-order chi connectivity index (χ1) is 12.1. The van der Waals surface area contributed by atoms with Gasteiger partial charge in [0.15, 0.2) is 0 Å². The maximum Gasteiger partial charge on any atom is 0.226 e. The van der Waals surface area contributed by atoms with Gasteiger partial charge >= 0.3 is 0 Å². The first kappa shape index (κ1) is 18.2. The second-order valence-electron chi connectivity index (χ2n) is 7.11. The third-order valence-corrected chi connectivity index (χ3v) is 5.60. The van der Waals surface area contributed by atoms with E-state index >= 15 is 0 Å². The minimum Gasteiger partial charge on any atom is -0.356 e. The molecule has 2 aliphatic rings. The van der Waals surface area contributed by atoms with Crippen molar-refractivity contribution in [3.8, 4) is 0 Å². The summed E-state index contributed by atoms with van der Waals surface area (Å²) in [6.07, 6.45) is 3.66. The zero-order valence-corrected chi connectivity index (χ0v) is 15.4. The lowest BCUT2D eigenvalue weighted by molar-refractivity contribution is -0.128. The predicted molar refractivity (Wildman–Crippen MR) is 98.3 cm³/mol. The van der Waals surface area contributed by atoms with Crippen molar-refractivity contribution in [1.29, 1.82) is 0 Å². The van der Waals surface area contributed by atoms with Crippen LogP contribution in [0.5, 0.6) is 0 Å². The van der Waals surface area contributed by atoms with Gasteiger partial charge in [-0.15, -0.1) is 0 Å². The number of carbonyl (C=O) groups is 2. The predicted octanol–water partition coefficient (Wildman–Crippen LogP) is 2.37. The van der Waals surface area contributed by atoms with Crippen LogP contribution in [-0.4, -0.2) is 43.4 Å². The lowest BCUT2D eigenvalue weighted by Gasteiger charge is -2.26. The van der Waals surface area contributed by atoms with Crippen LogP contribution >= 0.6 is 11.6 Å². The van der Waals surface area contributed by atoms with Crippen LogP contribution in [0.4, 0.5) is 0 Å². The van der Waals surface area contributed by atoms with Gasteiger partial charge in [0.2, 0.25) is 11.8 Å². The SMILES string of the molecule is CN1C(=O)CC(C(=O)NCCC2CCCNC2)C1c1cccc(Cl)c1. The Morgan fingerprint density at radius 2 is 2.28 bits per heavy atom. The number of nitrogens with zero attached hydrogens (tertiary/aromatic N) is 1. The highest BCUT2D eigenvalue weighted by molar-refractivity contribution is 6.30. The summed E-state index contributed by atoms with van der Waals surface area (Å²) in [6.45, 7) is 2.80. The van der Waals surface area contributed by atoms with Crippen LogP contribution in [0.25, 0.3) is 0 Å². The Kier molecular flexibility index (Phi) is 5.97. The number of nitrogens with one attached hydrogen (secondary N) is 2. The molecule has 3 unspecified atom stereocenters. The molecule has 2 saturated heterocycles. The Balaban J connectivity index is 1.62. The van der Waals surface area contributed by atoms with Crippen LogP contribution in [0, 0.1) is 11.8 Å². The van der Waals surface area contributed by atoms with Gasteiger partial charge in [-0.25, -0.2) is 0 Å². The summed E-state index contributed by atoms with van der Waals surface area (Å²) < 4.78 is 0. The quantitative estimate of drug-likeness (QED) is 0.844. The van der Waals surface area contributed by atoms with Gasteiger partial charge in [0.25, 0.3) is 0 Å². The zero-order valence-electron chi connectivity index (χ0n) is 14.6. The molecule has 1 aromatic carbocycles. The van der Waals surface area contributed by atoms with E-state index < -0.39 is 0 Å². The molecule has 0 bridgehead atoms. The van der Waals surface area contributed by atoms with E-state index in [0.717, 1.165) is 25.1 Å². The summed E-state index contributed by atoms with van der Waals surface area (Å²) in [6, 6.07) is 7.19. The molecular weight excluding hydrogens is 338 g/mol. The number of piperidine rings is 1. The Morgan fingerprint density at radius 1 is 1.44 bits per heavy atom. The number of likely N-dealkylation sites (tertiary alicyclic amines) is 1. The van der Waals surface area contributed by atoms with Crippen molar-refractivity contribution in [2.24, 2.45) is 11.8 Å². The highest BCUT2D eigenvalue weighted by Gasteiger charge is 2.42. The van der Waals surface area contributed by atoms with Gasteiger partial charge in [-0.05, 0) is 56.0 Å². The molecule has 0 saturated carbocycles. The number of hydrogen-bond acceptors (Lipinski definition) is 3. The van der Waals surface area contributed by atoms with Crippen LogP contribution in [0.1, 0.15) is 37.3 Å². The third kappa shape index (κ3) is 4.33. The van der Waals surface area contributed by atoms with Crippen molar-refractivity contribution in [3.63, 3.8) is 0 Å². The molecule has 5 nitrogen and oxygen atoms in total. The summed E-state index contributed by atoms with van der Waals surface area (Å²) in [7, 11) is 1.76. The lowest BCUT2D eigenvalue weighted by Crippen LogP contribution is -2.37. The first-order valence-corrected chi connectivity index (χ1v) is 9.43. The standard InChI is InChI=1S/C19H26ClN3O2/c1-23-17(24)11-16(18(23)14-5-2-6-15(20)10-14)19(25)22-9-7-13-4-3-8-21-12-13/h2,5-6,10,13,16,18,21H,3-4,7-9,11-12H2,1H3,(H,22,25). The molecule has 3 rings (SSSR count). The molecule has 2 heterocycles. The van der Waals surface area contributed by atoms with Crippen molar-refractivity contribution >= 4 is 23.4 Å². The average Bonchev–Trinajstić information content (AvgIpc) is 2.91. The van der Waals surface area contributed by atoms with Crippen molar-refractivity contribution < 1.29 is 9.59 Å². The first-order valence-electron chi connectivity index (χ1n) is 9.06. The van der Waals surface area contributed by atoms with Crippen LogP contribution in [0.2, 0.25) is 5.02 Å². The molecule has 1 aromatic rings. The Hall–Kier alpha value is -1.59. The van der Waals surface area contributed by atoms with E-state index in [4.69, 9.17) is 11.6 Å². The molecule has 2 fully saturated rings. The minimum absolute atomic E-state index is 0.00149. The molecule has 2 amide bonds. The molecule has 2 N–H and O–H groups in total. The molecule has 0 aliphatic carbocycles. The second kappa shape index (κ2) is 8.19. The molecule has 0 spiro atoms. The van der Waals surface area contributed by atoms with Gasteiger partial charge in [-0.2, -0.15) is 0 Å². The van der Waals surface area contributed by atoms with Gasteiger partial charge in [0.05, 0.1) is 12.0 Å². The average molecular weight is 364 g/mol. The monoisotopic (exact) mass is 363 g/mol. The largest absolute Gasteiger partial charge is 0.356 e. The van der Waals surface area contributed by atoms with Crippen LogP contribution in [-0.2, 0) is 9.59 Å². The van der Waals surface area contributed by atoms with Gasteiger partial charge in [0.1, 0.15) is 0 Å². The summed E-state index contributed by atoms with van der Waals surface area (Å²) in [5, 5.41) is 7.07. The van der Waals surface area contributed by atoms with E-state index in [1.807, 2.05) is 18.2 Å². The van der Waals surface area contributed by atoms with E-state index in [2.05, 4.69) is 10.6 Å². The summed E-state index contributed by atoms with van der Waals surface area (Å²) in [5.41, 5.74) is 0.914. The lowest BCUT2D eigenvalue weighted by atomic mass is 9.92. The van der Waals surface area contributed by atoms with Crippen LogP contribution in [0.15, 0.2) is 24.3 Å². The summed E-state index contributed by atoms with van der Waals surface area (Å²) >= 11 is 6.09. The molecule has 6 heteroatoms. The highest BCUT2D eigenvalue weighted by Crippen LogP contribution is 2.37. The normalized spacial score (nSPS) is 26.7. The van der Waals surface area contributed by atoms with E-state index in [1.54, 1.807) is 18.0 Å². The topological polar surface area (TPSA) is 61.4 Å². The molecule has 136 valence electrons. The molecule has 0 radical (unpaired) electrons. The number of carbonyl (C=O) groups excluding carboxylic acids is 2. The number of amides is 2. The third-order valence-electron chi connectivity index (χ3n) is 5.36. The van der Waals surface area contributed by atoms with Crippen molar-refractivity contribution in [1.82, 2.24) is 15.5 Å². The Labute approximate surface area is 154 Å². The molecule has 3 atom stereocenters. The zero-order chi connectivity index (χ0) is 17.8. The molecular formula is C19H26ClN3O2. The number of halogens is 1. The summed E-state index contributed by atoms with van der Waals surface area (Å²) in [4.78, 5) is 26.6. The van der Waals surface area contributed by atoms with Gasteiger partial charge in [-0.1, -0.05) is 23.7 Å². The fourth-order valence-electron chi connectivity index (χ4n) is 3.95. The number of hydrogen-bond donors (Lipinski definition) is 2. The maximum absolute atomic E-state index is 12.7. The molecule has 25 heavy (non-hydrogen) atoms. The van der Waals surface area contributed by atoms with Gasteiger partial charge < -0.3 is 15.5 Å². The maximum atomic E-state index is 12.7. The molecule has 0 aromatic heterocycles. The smallest absolute Gasteiger partial charge is 0.226 e. The van der Waals surface area contributed by atoms with Crippen molar-refractivity contribution in [2.45, 2.75) is 31.7 Å². The van der Waals surface area contributed by atoms with E-state index in [9.17, 15) is 9.59 Å². The van der Waals surface area contributed by atoms with Gasteiger partial charge in [0, 0.05) is 25.0 Å². The molecule has 2 aliphatic heterocycles. The van der Waals surface area contributed by atoms with Crippen molar-refractivity contribution in [2.75, 3.05) is 26.7 Å². The fraction of sp³-hybridized carbons (Fsp3) is 0.579. The number of benzene rings is 1. The van der Waals surface area contributed by atoms with Crippen LogP contribution < -0.4 is 10.6 Å². The van der Waals surface area contributed by atoms with Crippen molar-refractivity contribution in [3.05, 3.63) is 34.9 Å². The van der Waals surface area contributed by atoms with E-state index in [-0.39, 0.29) is 30.2 Å². The Bertz CT molecular complexity index is 631. The summed E-state index contributed by atoms with van der Waals surface area (Å²) in [5.74, 6) is 0.235. The van der Waals surface area contributed by atoms with Gasteiger partial charge in [-0.3, -0.25) is 9.59 Å². The Morgan fingerprint density at radius 3 is 3.00 bits per heavy atom.